The van der Waals surface area contributed by atoms with Crippen molar-refractivity contribution in [3.05, 3.63) is 69.8 Å². The molecule has 0 bridgehead atoms. The van der Waals surface area contributed by atoms with Gasteiger partial charge >= 0.3 is 0 Å². The average molecular weight is 340 g/mol. The van der Waals surface area contributed by atoms with Crippen molar-refractivity contribution < 1.29 is 9.18 Å². The van der Waals surface area contributed by atoms with Gasteiger partial charge in [-0.25, -0.2) is 9.37 Å². The first kappa shape index (κ1) is 16.3. The van der Waals surface area contributed by atoms with E-state index in [-0.39, 0.29) is 11.7 Å². The summed E-state index contributed by atoms with van der Waals surface area (Å²) in [6.45, 7) is 6.12. The molecule has 0 aliphatic heterocycles. The van der Waals surface area contributed by atoms with Gasteiger partial charge in [0, 0.05) is 16.0 Å². The standard InChI is InChI=1S/C19H17FN2OS/c1-11-4-5-15(10-12(11)2)17-13(3)24-19(21-17)22-18(23)14-6-8-16(20)9-7-14/h4-10H,1-3H3,(H,21,22,23). The molecule has 3 nitrogen and oxygen atoms in total. The molecule has 0 aliphatic carbocycles. The van der Waals surface area contributed by atoms with E-state index in [1.54, 1.807) is 0 Å². The third kappa shape index (κ3) is 3.36. The maximum Gasteiger partial charge on any atom is 0.257 e. The van der Waals surface area contributed by atoms with Crippen LogP contribution in [0.25, 0.3) is 11.3 Å². The molecule has 3 aromatic rings. The SMILES string of the molecule is Cc1ccc(-c2nc(NC(=O)c3ccc(F)cc3)sc2C)cc1C. The number of hydrogen-bond acceptors (Lipinski definition) is 3. The number of carbonyl (C=O) groups excluding carboxylic acids is 1. The molecule has 0 fully saturated rings. The smallest absolute Gasteiger partial charge is 0.257 e. The molecule has 0 spiro atoms. The van der Waals surface area contributed by atoms with Crippen LogP contribution in [0, 0.1) is 26.6 Å². The van der Waals surface area contributed by atoms with E-state index in [0.29, 0.717) is 10.7 Å². The van der Waals surface area contributed by atoms with Crippen molar-refractivity contribution in [2.75, 3.05) is 5.32 Å². The monoisotopic (exact) mass is 340 g/mol. The van der Waals surface area contributed by atoms with Gasteiger partial charge in [-0.05, 0) is 62.2 Å². The topological polar surface area (TPSA) is 42.0 Å². The molecule has 5 heteroatoms. The van der Waals surface area contributed by atoms with E-state index in [2.05, 4.69) is 36.3 Å². The Bertz CT molecular complexity index is 900. The van der Waals surface area contributed by atoms with Gasteiger partial charge in [-0.15, -0.1) is 11.3 Å². The molecule has 0 saturated carbocycles. The molecule has 0 atom stereocenters. The molecule has 24 heavy (non-hydrogen) atoms. The number of nitrogens with zero attached hydrogens (tertiary/aromatic N) is 1. The van der Waals surface area contributed by atoms with E-state index in [0.717, 1.165) is 16.1 Å². The van der Waals surface area contributed by atoms with Crippen LogP contribution in [0.15, 0.2) is 42.5 Å². The number of aryl methyl sites for hydroxylation is 3. The number of carbonyl (C=O) groups is 1. The summed E-state index contributed by atoms with van der Waals surface area (Å²) < 4.78 is 12.9. The summed E-state index contributed by atoms with van der Waals surface area (Å²) in [6, 6.07) is 11.6. The van der Waals surface area contributed by atoms with Crippen molar-refractivity contribution in [1.29, 1.82) is 0 Å². The summed E-state index contributed by atoms with van der Waals surface area (Å²) in [5.74, 6) is -0.663. The number of rotatable bonds is 3. The van der Waals surface area contributed by atoms with Gasteiger partial charge in [0.05, 0.1) is 5.69 Å². The van der Waals surface area contributed by atoms with Crippen LogP contribution in [0.3, 0.4) is 0 Å². The van der Waals surface area contributed by atoms with E-state index >= 15 is 0 Å². The van der Waals surface area contributed by atoms with Gasteiger partial charge in [0.15, 0.2) is 5.13 Å². The van der Waals surface area contributed by atoms with Gasteiger partial charge in [0.25, 0.3) is 5.91 Å². The maximum atomic E-state index is 12.9. The summed E-state index contributed by atoms with van der Waals surface area (Å²) in [7, 11) is 0. The fourth-order valence-electron chi connectivity index (χ4n) is 2.38. The van der Waals surface area contributed by atoms with E-state index < -0.39 is 0 Å². The highest BCUT2D eigenvalue weighted by molar-refractivity contribution is 7.16. The summed E-state index contributed by atoms with van der Waals surface area (Å²) in [5.41, 5.74) is 4.75. The van der Waals surface area contributed by atoms with Gasteiger partial charge in [-0.2, -0.15) is 0 Å². The summed E-state index contributed by atoms with van der Waals surface area (Å²) >= 11 is 1.43. The molecule has 1 aromatic heterocycles. The largest absolute Gasteiger partial charge is 0.298 e. The number of nitrogens with one attached hydrogen (secondary N) is 1. The minimum atomic E-state index is -0.367. The molecule has 3 rings (SSSR count). The first-order valence-electron chi connectivity index (χ1n) is 7.56. The highest BCUT2D eigenvalue weighted by atomic mass is 32.1. The third-order valence-corrected chi connectivity index (χ3v) is 4.79. The van der Waals surface area contributed by atoms with Crippen molar-refractivity contribution >= 4 is 22.4 Å². The number of benzene rings is 2. The second-order valence-corrected chi connectivity index (χ2v) is 6.89. The second kappa shape index (κ2) is 6.53. The van der Waals surface area contributed by atoms with Gasteiger partial charge < -0.3 is 0 Å². The quantitative estimate of drug-likeness (QED) is 0.718. The number of thiazole rings is 1. The number of amides is 1. The molecule has 2 aromatic carbocycles. The Morgan fingerprint density at radius 3 is 2.42 bits per heavy atom. The van der Waals surface area contributed by atoms with E-state index in [1.165, 1.54) is 46.7 Å². The Labute approximate surface area is 144 Å². The number of hydrogen-bond donors (Lipinski definition) is 1. The fraction of sp³-hybridized carbons (Fsp3) is 0.158. The van der Waals surface area contributed by atoms with Gasteiger partial charge in [-0.3, -0.25) is 10.1 Å². The number of aromatic nitrogens is 1. The molecule has 1 amide bonds. The average Bonchev–Trinajstić information content (AvgIpc) is 2.91. The lowest BCUT2D eigenvalue weighted by Gasteiger charge is -2.04. The van der Waals surface area contributed by atoms with Gasteiger partial charge in [-0.1, -0.05) is 12.1 Å². The maximum absolute atomic E-state index is 12.9. The summed E-state index contributed by atoms with van der Waals surface area (Å²) in [4.78, 5) is 17.8. The Morgan fingerprint density at radius 2 is 1.75 bits per heavy atom. The molecular formula is C19H17FN2OS. The number of anilines is 1. The zero-order valence-corrected chi connectivity index (χ0v) is 14.5. The number of halogens is 1. The van der Waals surface area contributed by atoms with Crippen LogP contribution < -0.4 is 5.32 Å². The normalized spacial score (nSPS) is 10.7. The molecule has 1 N–H and O–H groups in total. The summed E-state index contributed by atoms with van der Waals surface area (Å²) in [5, 5.41) is 3.32. The predicted molar refractivity (Wildman–Crippen MR) is 96.1 cm³/mol. The molecule has 122 valence electrons. The summed E-state index contributed by atoms with van der Waals surface area (Å²) in [6.07, 6.45) is 0. The van der Waals surface area contributed by atoms with Crippen molar-refractivity contribution in [2.45, 2.75) is 20.8 Å². The lowest BCUT2D eigenvalue weighted by molar-refractivity contribution is 0.102. The first-order valence-corrected chi connectivity index (χ1v) is 8.37. The van der Waals surface area contributed by atoms with Crippen LogP contribution in [0.2, 0.25) is 0 Å². The second-order valence-electron chi connectivity index (χ2n) is 5.68. The Balaban J connectivity index is 1.84. The van der Waals surface area contributed by atoms with Gasteiger partial charge in [0.2, 0.25) is 0 Å². The van der Waals surface area contributed by atoms with E-state index in [9.17, 15) is 9.18 Å². The van der Waals surface area contributed by atoms with Crippen molar-refractivity contribution in [1.82, 2.24) is 4.98 Å². The minimum absolute atomic E-state index is 0.296. The highest BCUT2D eigenvalue weighted by Crippen LogP contribution is 2.31. The third-order valence-electron chi connectivity index (χ3n) is 3.90. The van der Waals surface area contributed by atoms with Crippen LogP contribution >= 0.6 is 11.3 Å². The van der Waals surface area contributed by atoms with E-state index in [1.807, 2.05) is 13.0 Å². The lowest BCUT2D eigenvalue weighted by atomic mass is 10.0. The molecular weight excluding hydrogens is 323 g/mol. The lowest BCUT2D eigenvalue weighted by Crippen LogP contribution is -2.11. The zero-order chi connectivity index (χ0) is 17.3. The van der Waals surface area contributed by atoms with Crippen molar-refractivity contribution in [3.63, 3.8) is 0 Å². The van der Waals surface area contributed by atoms with Crippen LogP contribution in [0.5, 0.6) is 0 Å². The van der Waals surface area contributed by atoms with Gasteiger partial charge in [0.1, 0.15) is 5.82 Å². The first-order chi connectivity index (χ1) is 11.4. The Morgan fingerprint density at radius 1 is 1.04 bits per heavy atom. The highest BCUT2D eigenvalue weighted by Gasteiger charge is 2.13. The molecule has 0 saturated heterocycles. The Kier molecular flexibility index (Phi) is 4.44. The van der Waals surface area contributed by atoms with Crippen LogP contribution in [-0.4, -0.2) is 10.9 Å². The molecule has 0 radical (unpaired) electrons. The van der Waals surface area contributed by atoms with E-state index in [4.69, 9.17) is 0 Å². The predicted octanol–water partition coefficient (Wildman–Crippen LogP) is 5.13. The minimum Gasteiger partial charge on any atom is -0.298 e. The fourth-order valence-corrected chi connectivity index (χ4v) is 3.21. The zero-order valence-electron chi connectivity index (χ0n) is 13.7. The molecule has 1 heterocycles. The molecule has 0 unspecified atom stereocenters. The van der Waals surface area contributed by atoms with Crippen molar-refractivity contribution in [2.24, 2.45) is 0 Å². The van der Waals surface area contributed by atoms with Crippen LogP contribution in [0.1, 0.15) is 26.4 Å². The van der Waals surface area contributed by atoms with Crippen LogP contribution in [0.4, 0.5) is 9.52 Å². The van der Waals surface area contributed by atoms with Crippen LogP contribution in [-0.2, 0) is 0 Å². The Hall–Kier alpha value is -2.53. The molecule has 0 aliphatic rings. The van der Waals surface area contributed by atoms with Crippen molar-refractivity contribution in [3.8, 4) is 11.3 Å².